The van der Waals surface area contributed by atoms with Crippen LogP contribution in [0, 0.1) is 0 Å². The van der Waals surface area contributed by atoms with Gasteiger partial charge < -0.3 is 34.2 Å². The van der Waals surface area contributed by atoms with E-state index in [2.05, 4.69) is 9.88 Å². The summed E-state index contributed by atoms with van der Waals surface area (Å²) in [6.45, 7) is 2.75. The standard InChI is InChI=1S/C39H43Cl2N7O6/c1-44(18-20-47(4)39(52)54-6)23-26-13-14-32(43-36(26)53-5)31-12-8-11-30(35(31)41)29-10-7-9-28(34(29)40)25-15-16-48-33(21-25)42-22-27(37(48)49)24-45(2)17-19-46(3)38(50)51/h7-16,21-22H,17-20,23-24H2,1-6H3,(H,50,51). The van der Waals surface area contributed by atoms with Crippen molar-refractivity contribution >= 4 is 41.0 Å². The highest BCUT2D eigenvalue weighted by atomic mass is 35.5. The molecule has 5 aromatic rings. The number of nitrogens with zero attached hydrogens (tertiary/aromatic N) is 7. The first-order chi connectivity index (χ1) is 25.8. The average Bonchev–Trinajstić information content (AvgIpc) is 3.17. The van der Waals surface area contributed by atoms with Crippen molar-refractivity contribution in [2.75, 3.05) is 68.6 Å². The zero-order valence-corrected chi connectivity index (χ0v) is 32.6. The quantitative estimate of drug-likeness (QED) is 0.132. The van der Waals surface area contributed by atoms with Gasteiger partial charge in [-0.15, -0.1) is 0 Å². The van der Waals surface area contributed by atoms with Crippen LogP contribution in [0.3, 0.4) is 0 Å². The molecule has 15 heteroatoms. The van der Waals surface area contributed by atoms with E-state index in [1.165, 1.54) is 28.4 Å². The lowest BCUT2D eigenvalue weighted by molar-refractivity contribution is 0.128. The molecule has 3 aromatic heterocycles. The van der Waals surface area contributed by atoms with Crippen LogP contribution >= 0.6 is 23.2 Å². The van der Waals surface area contributed by atoms with E-state index in [-0.39, 0.29) is 11.7 Å². The maximum atomic E-state index is 13.4. The van der Waals surface area contributed by atoms with Crippen LogP contribution in [0.5, 0.6) is 5.88 Å². The number of methoxy groups -OCH3 is 2. The van der Waals surface area contributed by atoms with E-state index < -0.39 is 6.09 Å². The first-order valence-corrected chi connectivity index (χ1v) is 17.8. The fourth-order valence-electron chi connectivity index (χ4n) is 5.93. The van der Waals surface area contributed by atoms with Crippen molar-refractivity contribution in [3.63, 3.8) is 0 Å². The van der Waals surface area contributed by atoms with Crippen molar-refractivity contribution in [3.8, 4) is 39.4 Å². The maximum absolute atomic E-state index is 13.4. The van der Waals surface area contributed by atoms with Crippen LogP contribution in [0.4, 0.5) is 9.59 Å². The number of carboxylic acid groups (broad SMARTS) is 1. The van der Waals surface area contributed by atoms with Crippen molar-refractivity contribution in [1.29, 1.82) is 0 Å². The number of hydrogen-bond acceptors (Lipinski definition) is 9. The molecule has 2 aromatic carbocycles. The molecule has 0 spiro atoms. The second-order valence-electron chi connectivity index (χ2n) is 13.0. The lowest BCUT2D eigenvalue weighted by Crippen LogP contribution is -2.34. The van der Waals surface area contributed by atoms with Gasteiger partial charge >= 0.3 is 12.2 Å². The van der Waals surface area contributed by atoms with E-state index in [9.17, 15) is 14.4 Å². The summed E-state index contributed by atoms with van der Waals surface area (Å²) in [4.78, 5) is 52.2. The van der Waals surface area contributed by atoms with Crippen molar-refractivity contribution in [2.24, 2.45) is 0 Å². The Morgan fingerprint density at radius 2 is 1.37 bits per heavy atom. The normalized spacial score (nSPS) is 11.3. The lowest BCUT2D eigenvalue weighted by atomic mass is 9.97. The van der Waals surface area contributed by atoms with Gasteiger partial charge in [-0.3, -0.25) is 9.20 Å². The van der Waals surface area contributed by atoms with Gasteiger partial charge in [0.1, 0.15) is 5.65 Å². The highest BCUT2D eigenvalue weighted by Crippen LogP contribution is 2.42. The minimum absolute atomic E-state index is 0.206. The summed E-state index contributed by atoms with van der Waals surface area (Å²) >= 11 is 14.2. The zero-order valence-electron chi connectivity index (χ0n) is 31.0. The number of aromatic nitrogens is 3. The number of halogens is 2. The van der Waals surface area contributed by atoms with Crippen LogP contribution in [0.25, 0.3) is 39.2 Å². The molecule has 0 fully saturated rings. The maximum Gasteiger partial charge on any atom is 0.409 e. The lowest BCUT2D eigenvalue weighted by Gasteiger charge is -2.22. The molecular weight excluding hydrogens is 733 g/mol. The molecule has 0 saturated heterocycles. The number of benzene rings is 2. The van der Waals surface area contributed by atoms with Crippen LogP contribution in [-0.2, 0) is 17.8 Å². The third-order valence-corrected chi connectivity index (χ3v) is 9.93. The Kier molecular flexibility index (Phi) is 13.1. The molecule has 0 aliphatic heterocycles. The molecule has 0 saturated carbocycles. The Morgan fingerprint density at radius 1 is 0.778 bits per heavy atom. The van der Waals surface area contributed by atoms with Gasteiger partial charge in [-0.1, -0.05) is 65.7 Å². The highest BCUT2D eigenvalue weighted by molar-refractivity contribution is 6.39. The Morgan fingerprint density at radius 3 is 2.00 bits per heavy atom. The van der Waals surface area contributed by atoms with Crippen molar-refractivity contribution in [3.05, 3.63) is 105 Å². The summed E-state index contributed by atoms with van der Waals surface area (Å²) in [5.41, 5.74) is 5.91. The number of carbonyl (C=O) groups excluding carboxylic acids is 1. The monoisotopic (exact) mass is 775 g/mol. The smallest absolute Gasteiger partial charge is 0.409 e. The third-order valence-electron chi connectivity index (χ3n) is 9.12. The number of ether oxygens (including phenoxy) is 2. The van der Waals surface area contributed by atoms with Crippen LogP contribution in [-0.4, -0.2) is 120 Å². The van der Waals surface area contributed by atoms with E-state index in [0.29, 0.717) is 77.7 Å². The number of fused-ring (bicyclic) bond motifs is 1. The predicted molar refractivity (Wildman–Crippen MR) is 210 cm³/mol. The van der Waals surface area contributed by atoms with E-state index in [1.807, 2.05) is 79.7 Å². The summed E-state index contributed by atoms with van der Waals surface area (Å²) in [7, 11) is 9.91. The first kappa shape index (κ1) is 40.0. The molecule has 0 radical (unpaired) electrons. The molecule has 13 nitrogen and oxygen atoms in total. The minimum Gasteiger partial charge on any atom is -0.481 e. The summed E-state index contributed by atoms with van der Waals surface area (Å²) in [5.74, 6) is 0.467. The molecule has 0 aliphatic rings. The molecule has 0 unspecified atom stereocenters. The van der Waals surface area contributed by atoms with E-state index in [4.69, 9.17) is 42.8 Å². The Hall–Kier alpha value is -5.21. The van der Waals surface area contributed by atoms with Crippen LogP contribution in [0.1, 0.15) is 11.1 Å². The van der Waals surface area contributed by atoms with Gasteiger partial charge in [0.2, 0.25) is 5.88 Å². The molecule has 0 aliphatic carbocycles. The number of carbonyl (C=O) groups is 2. The second kappa shape index (κ2) is 17.7. The summed E-state index contributed by atoms with van der Waals surface area (Å²) < 4.78 is 11.9. The Labute approximate surface area is 323 Å². The molecule has 0 bridgehead atoms. The Bertz CT molecular complexity index is 2220. The molecule has 1 N–H and O–H groups in total. The van der Waals surface area contributed by atoms with Crippen molar-refractivity contribution < 1.29 is 24.2 Å². The van der Waals surface area contributed by atoms with Gasteiger partial charge in [0.15, 0.2) is 0 Å². The summed E-state index contributed by atoms with van der Waals surface area (Å²) in [6.07, 6.45) is 1.84. The zero-order chi connectivity index (χ0) is 39.1. The largest absolute Gasteiger partial charge is 0.481 e. The van der Waals surface area contributed by atoms with E-state index in [0.717, 1.165) is 27.8 Å². The fraction of sp³-hybridized carbons (Fsp3) is 0.308. The highest BCUT2D eigenvalue weighted by Gasteiger charge is 2.19. The second-order valence-corrected chi connectivity index (χ2v) is 13.8. The number of pyridine rings is 2. The van der Waals surface area contributed by atoms with Crippen molar-refractivity contribution in [2.45, 2.75) is 13.1 Å². The van der Waals surface area contributed by atoms with E-state index in [1.54, 1.807) is 26.6 Å². The molecule has 0 atom stereocenters. The molecule has 2 amide bonds. The van der Waals surface area contributed by atoms with Crippen LogP contribution in [0.2, 0.25) is 10.0 Å². The van der Waals surface area contributed by atoms with Gasteiger partial charge in [-0.2, -0.15) is 0 Å². The number of amides is 2. The first-order valence-electron chi connectivity index (χ1n) is 17.1. The summed E-state index contributed by atoms with van der Waals surface area (Å²) in [6, 6.07) is 18.9. The van der Waals surface area contributed by atoms with Gasteiger partial charge in [0.05, 0.1) is 35.5 Å². The number of rotatable bonds is 14. The predicted octanol–water partition coefficient (Wildman–Crippen LogP) is 6.58. The van der Waals surface area contributed by atoms with Gasteiger partial charge in [-0.25, -0.2) is 19.6 Å². The summed E-state index contributed by atoms with van der Waals surface area (Å²) in [5, 5.41) is 10.1. The topological polar surface area (TPSA) is 133 Å². The molecule has 284 valence electrons. The molecular formula is C39H43Cl2N7O6. The SMILES string of the molecule is COC(=O)N(C)CCN(C)Cc1ccc(-c2cccc(-c3cccc(-c4ccn5c(=O)c(CN(C)CCN(C)C(=O)O)cnc5c4)c3Cl)c2Cl)nc1OC. The van der Waals surface area contributed by atoms with Gasteiger partial charge in [-0.05, 0) is 37.9 Å². The molecule has 54 heavy (non-hydrogen) atoms. The van der Waals surface area contributed by atoms with Crippen molar-refractivity contribution in [1.82, 2.24) is 34.0 Å². The van der Waals surface area contributed by atoms with Gasteiger partial charge in [0.25, 0.3) is 5.56 Å². The minimum atomic E-state index is -1.01. The van der Waals surface area contributed by atoms with Crippen LogP contribution in [0.15, 0.2) is 77.9 Å². The fourth-order valence-corrected chi connectivity index (χ4v) is 6.59. The van der Waals surface area contributed by atoms with Gasteiger partial charge in [0, 0.05) is 93.6 Å². The number of likely N-dealkylation sites (N-methyl/N-ethyl adjacent to an activating group) is 4. The molecule has 5 rings (SSSR count). The average molecular weight is 777 g/mol. The van der Waals surface area contributed by atoms with E-state index >= 15 is 0 Å². The third kappa shape index (κ3) is 9.11. The molecule has 3 heterocycles. The number of hydrogen-bond donors (Lipinski definition) is 1. The Balaban J connectivity index is 1.38. The van der Waals surface area contributed by atoms with Crippen LogP contribution < -0.4 is 10.3 Å².